The Balaban J connectivity index is 2.24. The number of halogens is 1. The summed E-state index contributed by atoms with van der Waals surface area (Å²) in [6.45, 7) is 1.09. The minimum absolute atomic E-state index is 0.408. The molecule has 4 heteroatoms. The topological polar surface area (TPSA) is 50.9 Å². The number of pyridine rings is 1. The molecule has 3 nitrogen and oxygen atoms in total. The van der Waals surface area contributed by atoms with Gasteiger partial charge >= 0.3 is 0 Å². The van der Waals surface area contributed by atoms with Gasteiger partial charge in [0.25, 0.3) is 0 Å². The molecule has 0 aromatic carbocycles. The zero-order chi connectivity index (χ0) is 9.97. The largest absolute Gasteiger partial charge is 0.383 e. The fourth-order valence-corrected chi connectivity index (χ4v) is 2.34. The number of hydrogen-bond acceptors (Lipinski definition) is 3. The third-order valence-corrected chi connectivity index (χ3v) is 3.19. The smallest absolute Gasteiger partial charge is 0.128 e. The quantitative estimate of drug-likeness (QED) is 0.781. The van der Waals surface area contributed by atoms with Gasteiger partial charge in [0, 0.05) is 21.4 Å². The lowest BCUT2D eigenvalue weighted by Crippen LogP contribution is -2.27. The van der Waals surface area contributed by atoms with Gasteiger partial charge in [0.2, 0.25) is 0 Å². The minimum Gasteiger partial charge on any atom is -0.383 e. The van der Waals surface area contributed by atoms with Crippen LogP contribution in [0.2, 0.25) is 0 Å². The van der Waals surface area contributed by atoms with Crippen molar-refractivity contribution in [2.24, 2.45) is 0 Å². The molecule has 0 saturated carbocycles. The molecule has 76 valence electrons. The molecule has 1 aromatic heterocycles. The Morgan fingerprint density at radius 3 is 3.07 bits per heavy atom. The fourth-order valence-electron chi connectivity index (χ4n) is 1.86. The molecule has 1 atom stereocenters. The van der Waals surface area contributed by atoms with E-state index in [-0.39, 0.29) is 0 Å². The predicted molar refractivity (Wildman–Crippen MR) is 66.0 cm³/mol. The zero-order valence-electron chi connectivity index (χ0n) is 7.96. The monoisotopic (exact) mass is 303 g/mol. The molecule has 2 heterocycles. The van der Waals surface area contributed by atoms with Crippen LogP contribution in [-0.4, -0.2) is 11.5 Å². The van der Waals surface area contributed by atoms with Crippen molar-refractivity contribution >= 4 is 28.4 Å². The van der Waals surface area contributed by atoms with Crippen LogP contribution in [0.15, 0.2) is 12.3 Å². The Morgan fingerprint density at radius 1 is 1.50 bits per heavy atom. The molecule has 0 spiro atoms. The molecule has 14 heavy (non-hydrogen) atoms. The highest BCUT2D eigenvalue weighted by Gasteiger charge is 2.17. The number of hydrogen-bond donors (Lipinski definition) is 2. The van der Waals surface area contributed by atoms with Crippen LogP contribution < -0.4 is 11.1 Å². The molecule has 0 bridgehead atoms. The Hall–Kier alpha value is -0.360. The van der Waals surface area contributed by atoms with Crippen LogP contribution in [-0.2, 0) is 0 Å². The Labute approximate surface area is 97.6 Å². The molecule has 1 aliphatic rings. The third-order valence-electron chi connectivity index (χ3n) is 2.60. The summed E-state index contributed by atoms with van der Waals surface area (Å²) in [5.41, 5.74) is 7.03. The number of nitrogens with zero attached hydrogens (tertiary/aromatic N) is 1. The normalized spacial score (nSPS) is 22.2. The molecule has 0 unspecified atom stereocenters. The van der Waals surface area contributed by atoms with Crippen LogP contribution in [0.5, 0.6) is 0 Å². The van der Waals surface area contributed by atoms with E-state index >= 15 is 0 Å². The molecular weight excluding hydrogens is 289 g/mol. The number of nitrogens with one attached hydrogen (secondary N) is 1. The van der Waals surface area contributed by atoms with Crippen LogP contribution in [0.3, 0.4) is 0 Å². The summed E-state index contributed by atoms with van der Waals surface area (Å²) in [5, 5.41) is 3.48. The first-order valence-electron chi connectivity index (χ1n) is 4.91. The Bertz CT molecular complexity index is 321. The average Bonchev–Trinajstić information content (AvgIpc) is 2.23. The summed E-state index contributed by atoms with van der Waals surface area (Å²) in [7, 11) is 0. The average molecular weight is 303 g/mol. The molecule has 2 rings (SSSR count). The SMILES string of the molecule is Nc1ncc(I)cc1[C@H]1CCCCN1. The van der Waals surface area contributed by atoms with Gasteiger partial charge in [-0.05, 0) is 48.0 Å². The Morgan fingerprint density at radius 2 is 2.36 bits per heavy atom. The standard InChI is InChI=1S/C10H14IN3/c11-7-5-8(10(12)14-6-7)9-3-1-2-4-13-9/h5-6,9,13H,1-4H2,(H2,12,14)/t9-/m1/s1. The van der Waals surface area contributed by atoms with Gasteiger partial charge in [0.15, 0.2) is 0 Å². The number of nitrogen functional groups attached to an aromatic ring is 1. The van der Waals surface area contributed by atoms with Crippen molar-refractivity contribution in [2.75, 3.05) is 12.3 Å². The van der Waals surface area contributed by atoms with Crippen LogP contribution in [0.25, 0.3) is 0 Å². The maximum absolute atomic E-state index is 5.87. The molecule has 0 radical (unpaired) electrons. The number of nitrogens with two attached hydrogens (primary N) is 1. The Kier molecular flexibility index (Phi) is 3.22. The lowest BCUT2D eigenvalue weighted by Gasteiger charge is -2.24. The van der Waals surface area contributed by atoms with E-state index < -0.39 is 0 Å². The third kappa shape index (κ3) is 2.17. The van der Waals surface area contributed by atoms with Gasteiger partial charge in [-0.15, -0.1) is 0 Å². The summed E-state index contributed by atoms with van der Waals surface area (Å²) in [6.07, 6.45) is 5.53. The van der Waals surface area contributed by atoms with Crippen LogP contribution in [0.4, 0.5) is 5.82 Å². The van der Waals surface area contributed by atoms with Crippen molar-refractivity contribution in [3.8, 4) is 0 Å². The van der Waals surface area contributed by atoms with E-state index in [9.17, 15) is 0 Å². The van der Waals surface area contributed by atoms with E-state index in [1.807, 2.05) is 6.20 Å². The van der Waals surface area contributed by atoms with Crippen LogP contribution >= 0.6 is 22.6 Å². The highest BCUT2D eigenvalue weighted by atomic mass is 127. The second kappa shape index (κ2) is 4.44. The summed E-state index contributed by atoms with van der Waals surface area (Å²) in [4.78, 5) is 4.18. The van der Waals surface area contributed by atoms with Gasteiger partial charge in [-0.2, -0.15) is 0 Å². The zero-order valence-corrected chi connectivity index (χ0v) is 10.1. The summed E-state index contributed by atoms with van der Waals surface area (Å²) < 4.78 is 1.15. The van der Waals surface area contributed by atoms with Crippen molar-refractivity contribution in [1.29, 1.82) is 0 Å². The van der Waals surface area contributed by atoms with Crippen molar-refractivity contribution in [1.82, 2.24) is 10.3 Å². The highest BCUT2D eigenvalue weighted by Crippen LogP contribution is 2.27. The van der Waals surface area contributed by atoms with E-state index in [2.05, 4.69) is 39.0 Å². The van der Waals surface area contributed by atoms with Crippen molar-refractivity contribution in [3.05, 3.63) is 21.4 Å². The second-order valence-corrected chi connectivity index (χ2v) is 4.88. The van der Waals surface area contributed by atoms with E-state index in [1.165, 1.54) is 19.3 Å². The molecule has 0 aliphatic carbocycles. The van der Waals surface area contributed by atoms with Crippen molar-refractivity contribution in [2.45, 2.75) is 25.3 Å². The van der Waals surface area contributed by atoms with E-state index in [0.29, 0.717) is 11.9 Å². The molecule has 1 fully saturated rings. The lowest BCUT2D eigenvalue weighted by atomic mass is 9.98. The first kappa shape index (κ1) is 10.2. The highest BCUT2D eigenvalue weighted by molar-refractivity contribution is 14.1. The summed E-state index contributed by atoms with van der Waals surface area (Å²) in [6, 6.07) is 2.54. The molecule has 1 aliphatic heterocycles. The van der Waals surface area contributed by atoms with Crippen molar-refractivity contribution < 1.29 is 0 Å². The molecular formula is C10H14IN3. The summed E-state index contributed by atoms with van der Waals surface area (Å²) in [5.74, 6) is 0.671. The fraction of sp³-hybridized carbons (Fsp3) is 0.500. The summed E-state index contributed by atoms with van der Waals surface area (Å²) >= 11 is 2.27. The number of rotatable bonds is 1. The molecule has 1 aromatic rings. The van der Waals surface area contributed by atoms with Crippen molar-refractivity contribution in [3.63, 3.8) is 0 Å². The number of piperidine rings is 1. The molecule has 1 saturated heterocycles. The second-order valence-electron chi connectivity index (χ2n) is 3.63. The maximum atomic E-state index is 5.87. The van der Waals surface area contributed by atoms with Gasteiger partial charge in [-0.1, -0.05) is 6.42 Å². The predicted octanol–water partition coefficient (Wildman–Crippen LogP) is 2.08. The van der Waals surface area contributed by atoms with E-state index in [4.69, 9.17) is 5.73 Å². The van der Waals surface area contributed by atoms with Gasteiger partial charge in [0.1, 0.15) is 5.82 Å². The lowest BCUT2D eigenvalue weighted by molar-refractivity contribution is 0.412. The van der Waals surface area contributed by atoms with Gasteiger partial charge in [-0.25, -0.2) is 4.98 Å². The first-order chi connectivity index (χ1) is 6.77. The van der Waals surface area contributed by atoms with Gasteiger partial charge in [-0.3, -0.25) is 0 Å². The number of anilines is 1. The van der Waals surface area contributed by atoms with Crippen LogP contribution in [0, 0.1) is 3.57 Å². The molecule has 0 amide bonds. The molecule has 3 N–H and O–H groups in total. The van der Waals surface area contributed by atoms with Crippen LogP contribution in [0.1, 0.15) is 30.9 Å². The van der Waals surface area contributed by atoms with Gasteiger partial charge in [0.05, 0.1) is 0 Å². The first-order valence-corrected chi connectivity index (χ1v) is 5.99. The van der Waals surface area contributed by atoms with E-state index in [0.717, 1.165) is 15.7 Å². The number of aromatic nitrogens is 1. The minimum atomic E-state index is 0.408. The van der Waals surface area contributed by atoms with Gasteiger partial charge < -0.3 is 11.1 Å². The maximum Gasteiger partial charge on any atom is 0.128 e. The van der Waals surface area contributed by atoms with E-state index in [1.54, 1.807) is 0 Å².